The fraction of sp³-hybridized carbons (Fsp3) is 0.615. The summed E-state index contributed by atoms with van der Waals surface area (Å²) in [6.07, 6.45) is 1.74. The lowest BCUT2D eigenvalue weighted by atomic mass is 10.1. The molecule has 0 amide bonds. The Bertz CT molecular complexity index is 400. The van der Waals surface area contributed by atoms with Crippen LogP contribution in [0, 0.1) is 0 Å². The zero-order chi connectivity index (χ0) is 12.4. The van der Waals surface area contributed by atoms with Gasteiger partial charge < -0.3 is 5.32 Å². The predicted octanol–water partition coefficient (Wildman–Crippen LogP) is 0.824. The Hall–Kier alpha value is -0.680. The van der Waals surface area contributed by atoms with Crippen molar-refractivity contribution in [3.63, 3.8) is 0 Å². The van der Waals surface area contributed by atoms with E-state index >= 15 is 0 Å². The van der Waals surface area contributed by atoms with Crippen molar-refractivity contribution in [1.29, 1.82) is 0 Å². The highest BCUT2D eigenvalue weighted by atomic mass is 35.5. The van der Waals surface area contributed by atoms with Crippen LogP contribution in [0.2, 0.25) is 5.15 Å². The highest BCUT2D eigenvalue weighted by Crippen LogP contribution is 2.21. The van der Waals surface area contributed by atoms with Gasteiger partial charge in [0.2, 0.25) is 0 Å². The Balaban J connectivity index is 1.49. The third-order valence-corrected chi connectivity index (χ3v) is 4.18. The fourth-order valence-corrected chi connectivity index (χ4v) is 2.91. The minimum absolute atomic E-state index is 0.642. The molecule has 0 saturated carbocycles. The molecule has 5 heteroatoms. The largest absolute Gasteiger partial charge is 0.314 e. The first-order chi connectivity index (χ1) is 8.83. The average Bonchev–Trinajstić information content (AvgIpc) is 2.36. The van der Waals surface area contributed by atoms with Crippen LogP contribution in [0.4, 0.5) is 0 Å². The first-order valence-corrected chi connectivity index (χ1v) is 6.97. The summed E-state index contributed by atoms with van der Waals surface area (Å²) in [4.78, 5) is 9.15. The molecule has 1 N–H and O–H groups in total. The molecule has 2 fully saturated rings. The Morgan fingerprint density at radius 2 is 2.11 bits per heavy atom. The molecule has 1 aromatic rings. The fourth-order valence-electron chi connectivity index (χ4n) is 2.73. The van der Waals surface area contributed by atoms with E-state index in [1.165, 1.54) is 13.1 Å². The van der Waals surface area contributed by atoms with E-state index in [1.54, 1.807) is 6.20 Å². The third-order valence-electron chi connectivity index (χ3n) is 3.84. The Morgan fingerprint density at radius 1 is 1.33 bits per heavy atom. The van der Waals surface area contributed by atoms with Crippen LogP contribution < -0.4 is 5.32 Å². The van der Waals surface area contributed by atoms with E-state index in [2.05, 4.69) is 26.2 Å². The van der Waals surface area contributed by atoms with Crippen LogP contribution in [0.3, 0.4) is 0 Å². The third kappa shape index (κ3) is 2.67. The molecule has 2 aliphatic rings. The quantitative estimate of drug-likeness (QED) is 0.821. The molecule has 0 radical (unpaired) electrons. The van der Waals surface area contributed by atoms with Crippen LogP contribution in [0.1, 0.15) is 5.56 Å². The smallest absolute Gasteiger partial charge is 0.133 e. The number of piperazine rings is 1. The number of hydrogen-bond acceptors (Lipinski definition) is 4. The van der Waals surface area contributed by atoms with Gasteiger partial charge in [-0.1, -0.05) is 17.7 Å². The minimum Gasteiger partial charge on any atom is -0.314 e. The van der Waals surface area contributed by atoms with E-state index in [9.17, 15) is 0 Å². The van der Waals surface area contributed by atoms with Crippen molar-refractivity contribution in [3.05, 3.63) is 29.0 Å². The lowest BCUT2D eigenvalue weighted by molar-refractivity contribution is 0.0223. The molecule has 1 aromatic heterocycles. The summed E-state index contributed by atoms with van der Waals surface area (Å²) in [7, 11) is 0. The van der Waals surface area contributed by atoms with Gasteiger partial charge in [-0.3, -0.25) is 9.80 Å². The maximum Gasteiger partial charge on any atom is 0.133 e. The second kappa shape index (κ2) is 5.53. The molecule has 0 atom stereocenters. The van der Waals surface area contributed by atoms with Crippen LogP contribution in [-0.4, -0.2) is 60.1 Å². The molecule has 0 unspecified atom stereocenters. The van der Waals surface area contributed by atoms with E-state index in [4.69, 9.17) is 11.6 Å². The standard InChI is InChI=1S/C13H19ClN4/c14-13-11(2-1-3-16-13)8-17-9-12(10-17)18-6-4-15-5-7-18/h1-3,12,15H,4-10H2. The number of nitrogens with zero attached hydrogens (tertiary/aromatic N) is 3. The second-order valence-corrected chi connectivity index (χ2v) is 5.45. The maximum atomic E-state index is 6.08. The zero-order valence-electron chi connectivity index (χ0n) is 10.5. The summed E-state index contributed by atoms with van der Waals surface area (Å²) in [5, 5.41) is 4.04. The number of pyridine rings is 1. The summed E-state index contributed by atoms with van der Waals surface area (Å²) in [6, 6.07) is 4.75. The van der Waals surface area contributed by atoms with Gasteiger partial charge in [0, 0.05) is 63.6 Å². The van der Waals surface area contributed by atoms with Crippen LogP contribution in [0.25, 0.3) is 0 Å². The van der Waals surface area contributed by atoms with Gasteiger partial charge >= 0.3 is 0 Å². The van der Waals surface area contributed by atoms with Crippen molar-refractivity contribution in [2.24, 2.45) is 0 Å². The Morgan fingerprint density at radius 3 is 2.83 bits per heavy atom. The van der Waals surface area contributed by atoms with Crippen molar-refractivity contribution in [3.8, 4) is 0 Å². The molecule has 0 aliphatic carbocycles. The molecule has 98 valence electrons. The van der Waals surface area contributed by atoms with Gasteiger partial charge in [0.25, 0.3) is 0 Å². The molecule has 2 aliphatic heterocycles. The average molecular weight is 267 g/mol. The van der Waals surface area contributed by atoms with Crippen molar-refractivity contribution in [2.75, 3.05) is 39.3 Å². The highest BCUT2D eigenvalue weighted by Gasteiger charge is 2.32. The summed E-state index contributed by atoms with van der Waals surface area (Å²) in [5.74, 6) is 0. The number of rotatable bonds is 3. The molecular formula is C13H19ClN4. The molecule has 3 heterocycles. The van der Waals surface area contributed by atoms with Crippen molar-refractivity contribution in [2.45, 2.75) is 12.6 Å². The predicted molar refractivity (Wildman–Crippen MR) is 72.8 cm³/mol. The number of nitrogens with one attached hydrogen (secondary N) is 1. The van der Waals surface area contributed by atoms with Gasteiger partial charge in [-0.25, -0.2) is 4.98 Å². The molecule has 18 heavy (non-hydrogen) atoms. The molecule has 0 spiro atoms. The second-order valence-electron chi connectivity index (χ2n) is 5.09. The van der Waals surface area contributed by atoms with E-state index < -0.39 is 0 Å². The summed E-state index contributed by atoms with van der Waals surface area (Å²) in [6.45, 7) is 7.87. The number of likely N-dealkylation sites (tertiary alicyclic amines) is 1. The molecular weight excluding hydrogens is 248 g/mol. The van der Waals surface area contributed by atoms with Crippen LogP contribution >= 0.6 is 11.6 Å². The number of hydrogen-bond donors (Lipinski definition) is 1. The van der Waals surface area contributed by atoms with Gasteiger partial charge in [0.05, 0.1) is 0 Å². The van der Waals surface area contributed by atoms with E-state index in [0.29, 0.717) is 5.15 Å². The Kier molecular flexibility index (Phi) is 3.80. The molecule has 0 aromatic carbocycles. The monoisotopic (exact) mass is 266 g/mol. The van der Waals surface area contributed by atoms with Gasteiger partial charge in [0.1, 0.15) is 5.15 Å². The van der Waals surface area contributed by atoms with Gasteiger partial charge in [-0.15, -0.1) is 0 Å². The van der Waals surface area contributed by atoms with Crippen LogP contribution in [0.5, 0.6) is 0 Å². The molecule has 3 rings (SSSR count). The lowest BCUT2D eigenvalue weighted by Crippen LogP contribution is -2.62. The first kappa shape index (κ1) is 12.4. The maximum absolute atomic E-state index is 6.08. The summed E-state index contributed by atoms with van der Waals surface area (Å²) in [5.41, 5.74) is 1.14. The van der Waals surface area contributed by atoms with Gasteiger partial charge in [-0.2, -0.15) is 0 Å². The molecule has 4 nitrogen and oxygen atoms in total. The van der Waals surface area contributed by atoms with Crippen molar-refractivity contribution >= 4 is 11.6 Å². The summed E-state index contributed by atoms with van der Waals surface area (Å²) >= 11 is 6.08. The van der Waals surface area contributed by atoms with Crippen molar-refractivity contribution < 1.29 is 0 Å². The van der Waals surface area contributed by atoms with E-state index in [0.717, 1.165) is 44.3 Å². The summed E-state index contributed by atoms with van der Waals surface area (Å²) < 4.78 is 0. The lowest BCUT2D eigenvalue weighted by Gasteiger charge is -2.46. The number of halogens is 1. The first-order valence-electron chi connectivity index (χ1n) is 6.59. The normalized spacial score (nSPS) is 22.9. The SMILES string of the molecule is Clc1ncccc1CN1CC(N2CCNCC2)C1. The zero-order valence-corrected chi connectivity index (χ0v) is 11.2. The van der Waals surface area contributed by atoms with E-state index in [-0.39, 0.29) is 0 Å². The molecule has 2 saturated heterocycles. The molecule has 0 bridgehead atoms. The van der Waals surface area contributed by atoms with Crippen LogP contribution in [-0.2, 0) is 6.54 Å². The van der Waals surface area contributed by atoms with Gasteiger partial charge in [-0.05, 0) is 6.07 Å². The van der Waals surface area contributed by atoms with Gasteiger partial charge in [0.15, 0.2) is 0 Å². The van der Waals surface area contributed by atoms with E-state index in [1.807, 2.05) is 6.07 Å². The topological polar surface area (TPSA) is 31.4 Å². The highest BCUT2D eigenvalue weighted by molar-refractivity contribution is 6.30. The number of aromatic nitrogens is 1. The minimum atomic E-state index is 0.642. The van der Waals surface area contributed by atoms with Crippen molar-refractivity contribution in [1.82, 2.24) is 20.1 Å². The van der Waals surface area contributed by atoms with Crippen LogP contribution in [0.15, 0.2) is 18.3 Å². The Labute approximate surface area is 113 Å².